The summed E-state index contributed by atoms with van der Waals surface area (Å²) in [7, 11) is 0. The first kappa shape index (κ1) is 13.7. The second kappa shape index (κ2) is 5.95. The number of hydrogen-bond donors (Lipinski definition) is 2. The lowest BCUT2D eigenvalue weighted by atomic mass is 10.1. The molecule has 0 amide bonds. The molecular formula is C15H22N2O2. The predicted molar refractivity (Wildman–Crippen MR) is 77.2 cm³/mol. The molecule has 3 N–H and O–H groups in total. The number of ether oxygens (including phenoxy) is 1. The van der Waals surface area contributed by atoms with Gasteiger partial charge in [0.05, 0.1) is 23.5 Å². The average Bonchev–Trinajstić information content (AvgIpc) is 2.78. The molecule has 0 radical (unpaired) electrons. The van der Waals surface area contributed by atoms with Gasteiger partial charge < -0.3 is 15.8 Å². The third kappa shape index (κ3) is 3.19. The van der Waals surface area contributed by atoms with Gasteiger partial charge >= 0.3 is 5.97 Å². The highest BCUT2D eigenvalue weighted by molar-refractivity contribution is 5.98. The number of carbonyl (C=O) groups is 1. The van der Waals surface area contributed by atoms with Crippen molar-refractivity contribution in [2.75, 3.05) is 17.7 Å². The highest BCUT2D eigenvalue weighted by Crippen LogP contribution is 2.31. The van der Waals surface area contributed by atoms with E-state index in [1.807, 2.05) is 6.07 Å². The van der Waals surface area contributed by atoms with Gasteiger partial charge in [0, 0.05) is 6.04 Å². The molecule has 1 saturated carbocycles. The summed E-state index contributed by atoms with van der Waals surface area (Å²) >= 11 is 0. The number of rotatable bonds is 4. The molecule has 1 aromatic rings. The number of nitrogens with two attached hydrogens (primary N) is 1. The average molecular weight is 262 g/mol. The molecule has 0 aromatic heterocycles. The SMILES string of the molecule is CCOC(=O)c1cccc(N)c1NC1CCC(C)C1. The fraction of sp³-hybridized carbons (Fsp3) is 0.533. The second-order valence-electron chi connectivity index (χ2n) is 5.25. The Bertz CT molecular complexity index is 459. The lowest BCUT2D eigenvalue weighted by molar-refractivity contribution is 0.0527. The minimum Gasteiger partial charge on any atom is -0.462 e. The maximum absolute atomic E-state index is 11.9. The molecule has 1 fully saturated rings. The summed E-state index contributed by atoms with van der Waals surface area (Å²) in [6, 6.07) is 5.75. The smallest absolute Gasteiger partial charge is 0.340 e. The van der Waals surface area contributed by atoms with Crippen molar-refractivity contribution in [3.05, 3.63) is 23.8 Å². The fourth-order valence-corrected chi connectivity index (χ4v) is 2.65. The number of carbonyl (C=O) groups excluding carboxylic acids is 1. The molecule has 0 saturated heterocycles. The Morgan fingerprint density at radius 2 is 2.26 bits per heavy atom. The third-order valence-corrected chi connectivity index (χ3v) is 3.64. The summed E-state index contributed by atoms with van der Waals surface area (Å²) in [5, 5.41) is 3.42. The van der Waals surface area contributed by atoms with Crippen molar-refractivity contribution >= 4 is 17.3 Å². The van der Waals surface area contributed by atoms with Crippen molar-refractivity contribution in [3.63, 3.8) is 0 Å². The Hall–Kier alpha value is -1.71. The molecule has 0 heterocycles. The van der Waals surface area contributed by atoms with Gasteiger partial charge in [0.1, 0.15) is 0 Å². The van der Waals surface area contributed by atoms with Crippen LogP contribution in [0.15, 0.2) is 18.2 Å². The predicted octanol–water partition coefficient (Wildman–Crippen LogP) is 3.05. The van der Waals surface area contributed by atoms with Gasteiger partial charge in [-0.2, -0.15) is 0 Å². The Morgan fingerprint density at radius 3 is 2.89 bits per heavy atom. The van der Waals surface area contributed by atoms with E-state index in [1.165, 1.54) is 6.42 Å². The van der Waals surface area contributed by atoms with Crippen molar-refractivity contribution in [1.29, 1.82) is 0 Å². The molecule has 2 atom stereocenters. The minimum atomic E-state index is -0.316. The second-order valence-corrected chi connectivity index (χ2v) is 5.25. The molecule has 104 valence electrons. The molecule has 1 aliphatic carbocycles. The first-order chi connectivity index (χ1) is 9.11. The Kier molecular flexibility index (Phi) is 4.30. The van der Waals surface area contributed by atoms with Crippen LogP contribution in [-0.4, -0.2) is 18.6 Å². The Morgan fingerprint density at radius 1 is 1.47 bits per heavy atom. The third-order valence-electron chi connectivity index (χ3n) is 3.64. The van der Waals surface area contributed by atoms with Crippen molar-refractivity contribution in [1.82, 2.24) is 0 Å². The molecular weight excluding hydrogens is 240 g/mol. The van der Waals surface area contributed by atoms with E-state index in [0.29, 0.717) is 23.9 Å². The molecule has 19 heavy (non-hydrogen) atoms. The van der Waals surface area contributed by atoms with Gasteiger partial charge in [0.25, 0.3) is 0 Å². The topological polar surface area (TPSA) is 64.3 Å². The summed E-state index contributed by atoms with van der Waals surface area (Å²) in [5.41, 5.74) is 7.85. The molecule has 0 bridgehead atoms. The lowest BCUT2D eigenvalue weighted by Gasteiger charge is -2.18. The zero-order valence-corrected chi connectivity index (χ0v) is 11.6. The zero-order valence-electron chi connectivity index (χ0n) is 11.6. The van der Waals surface area contributed by atoms with Crippen molar-refractivity contribution in [2.45, 2.75) is 39.2 Å². The summed E-state index contributed by atoms with van der Waals surface area (Å²) in [4.78, 5) is 11.9. The van der Waals surface area contributed by atoms with E-state index < -0.39 is 0 Å². The maximum atomic E-state index is 11.9. The van der Waals surface area contributed by atoms with Crippen LogP contribution in [0.1, 0.15) is 43.5 Å². The number of hydrogen-bond acceptors (Lipinski definition) is 4. The maximum Gasteiger partial charge on any atom is 0.340 e. The van der Waals surface area contributed by atoms with Gasteiger partial charge in [-0.15, -0.1) is 0 Å². The van der Waals surface area contributed by atoms with Crippen molar-refractivity contribution in [3.8, 4) is 0 Å². The molecule has 2 unspecified atom stereocenters. The van der Waals surface area contributed by atoms with Crippen LogP contribution in [0.4, 0.5) is 11.4 Å². The first-order valence-corrected chi connectivity index (χ1v) is 6.94. The minimum absolute atomic E-state index is 0.316. The Balaban J connectivity index is 2.20. The molecule has 0 spiro atoms. The number of nitrogens with one attached hydrogen (secondary N) is 1. The summed E-state index contributed by atoms with van der Waals surface area (Å²) in [5.74, 6) is 0.414. The molecule has 1 aliphatic rings. The zero-order chi connectivity index (χ0) is 13.8. The Labute approximate surface area is 114 Å². The number of anilines is 2. The van der Waals surface area contributed by atoms with Gasteiger partial charge in [-0.05, 0) is 44.2 Å². The van der Waals surface area contributed by atoms with E-state index in [0.717, 1.165) is 24.4 Å². The number of para-hydroxylation sites is 1. The fourth-order valence-electron chi connectivity index (χ4n) is 2.65. The van der Waals surface area contributed by atoms with Gasteiger partial charge in [0.15, 0.2) is 0 Å². The van der Waals surface area contributed by atoms with E-state index in [1.54, 1.807) is 19.1 Å². The number of benzene rings is 1. The van der Waals surface area contributed by atoms with E-state index >= 15 is 0 Å². The first-order valence-electron chi connectivity index (χ1n) is 6.94. The van der Waals surface area contributed by atoms with Gasteiger partial charge in [-0.25, -0.2) is 4.79 Å². The van der Waals surface area contributed by atoms with Crippen LogP contribution >= 0.6 is 0 Å². The molecule has 2 rings (SSSR count). The van der Waals surface area contributed by atoms with Gasteiger partial charge in [0.2, 0.25) is 0 Å². The molecule has 4 nitrogen and oxygen atoms in total. The van der Waals surface area contributed by atoms with Crippen LogP contribution in [0.25, 0.3) is 0 Å². The van der Waals surface area contributed by atoms with Crippen LogP contribution in [0.3, 0.4) is 0 Å². The molecule has 4 heteroatoms. The van der Waals surface area contributed by atoms with E-state index in [-0.39, 0.29) is 5.97 Å². The van der Waals surface area contributed by atoms with Gasteiger partial charge in [-0.3, -0.25) is 0 Å². The van der Waals surface area contributed by atoms with Crippen LogP contribution in [0.5, 0.6) is 0 Å². The van der Waals surface area contributed by atoms with Crippen LogP contribution in [0, 0.1) is 5.92 Å². The van der Waals surface area contributed by atoms with E-state index in [4.69, 9.17) is 10.5 Å². The van der Waals surface area contributed by atoms with Crippen molar-refractivity contribution < 1.29 is 9.53 Å². The molecule has 0 aliphatic heterocycles. The van der Waals surface area contributed by atoms with Gasteiger partial charge in [-0.1, -0.05) is 13.0 Å². The largest absolute Gasteiger partial charge is 0.462 e. The standard InChI is InChI=1S/C15H22N2O2/c1-3-19-15(18)12-5-4-6-13(16)14(12)17-11-8-7-10(2)9-11/h4-6,10-11,17H,3,7-9,16H2,1-2H3. The number of nitrogen functional groups attached to an aromatic ring is 1. The van der Waals surface area contributed by atoms with Crippen LogP contribution in [0.2, 0.25) is 0 Å². The molecule has 1 aromatic carbocycles. The normalized spacial score (nSPS) is 22.2. The lowest BCUT2D eigenvalue weighted by Crippen LogP contribution is -2.19. The summed E-state index contributed by atoms with van der Waals surface area (Å²) < 4.78 is 5.07. The van der Waals surface area contributed by atoms with E-state index in [2.05, 4.69) is 12.2 Å². The summed E-state index contributed by atoms with van der Waals surface area (Å²) in [6.45, 7) is 4.42. The highest BCUT2D eigenvalue weighted by atomic mass is 16.5. The number of esters is 1. The van der Waals surface area contributed by atoms with E-state index in [9.17, 15) is 4.79 Å². The summed E-state index contributed by atoms with van der Waals surface area (Å²) in [6.07, 6.45) is 3.47. The quantitative estimate of drug-likeness (QED) is 0.646. The van der Waals surface area contributed by atoms with Crippen LogP contribution in [-0.2, 0) is 4.74 Å². The monoisotopic (exact) mass is 262 g/mol. The highest BCUT2D eigenvalue weighted by Gasteiger charge is 2.24. The van der Waals surface area contributed by atoms with Crippen molar-refractivity contribution in [2.24, 2.45) is 5.92 Å². The van der Waals surface area contributed by atoms with Crippen LogP contribution < -0.4 is 11.1 Å².